The highest BCUT2D eigenvalue weighted by atomic mass is 16.4. The van der Waals surface area contributed by atoms with Gasteiger partial charge in [0, 0.05) is 12.6 Å². The van der Waals surface area contributed by atoms with Gasteiger partial charge in [-0.25, -0.2) is 4.79 Å². The van der Waals surface area contributed by atoms with Crippen LogP contribution in [0.3, 0.4) is 0 Å². The predicted molar refractivity (Wildman–Crippen MR) is 88.1 cm³/mol. The van der Waals surface area contributed by atoms with E-state index in [1.807, 2.05) is 18.2 Å². The van der Waals surface area contributed by atoms with E-state index in [2.05, 4.69) is 32.9 Å². The van der Waals surface area contributed by atoms with Crippen LogP contribution in [0, 0.1) is 20.8 Å². The van der Waals surface area contributed by atoms with Crippen molar-refractivity contribution in [1.82, 2.24) is 4.57 Å². The quantitative estimate of drug-likeness (QED) is 0.807. The molecule has 0 aliphatic carbocycles. The molecule has 0 amide bonds. The third-order valence-electron chi connectivity index (χ3n) is 4.06. The number of nitrogens with zero attached hydrogens (tertiary/aromatic N) is 1. The van der Waals surface area contributed by atoms with Crippen molar-refractivity contribution in [2.75, 3.05) is 0 Å². The summed E-state index contributed by atoms with van der Waals surface area (Å²) in [5.41, 5.74) is 12.4. The van der Waals surface area contributed by atoms with E-state index >= 15 is 0 Å². The van der Waals surface area contributed by atoms with Crippen molar-refractivity contribution in [3.05, 3.63) is 69.2 Å². The van der Waals surface area contributed by atoms with Crippen LogP contribution in [0.4, 0.5) is 0 Å². The van der Waals surface area contributed by atoms with Gasteiger partial charge >= 0.3 is 5.76 Å². The lowest BCUT2D eigenvalue weighted by molar-refractivity contribution is 0.479. The number of oxazole rings is 1. The van der Waals surface area contributed by atoms with Gasteiger partial charge in [-0.3, -0.25) is 4.57 Å². The van der Waals surface area contributed by atoms with Gasteiger partial charge in [0.15, 0.2) is 5.58 Å². The lowest BCUT2D eigenvalue weighted by atomic mass is 9.94. The fraction of sp³-hybridized carbons (Fsp3) is 0.278. The first kappa shape index (κ1) is 14.6. The fourth-order valence-electron chi connectivity index (χ4n) is 3.25. The van der Waals surface area contributed by atoms with Gasteiger partial charge in [-0.2, -0.15) is 0 Å². The monoisotopic (exact) mass is 296 g/mol. The second-order valence-corrected chi connectivity index (χ2v) is 5.87. The number of hydrogen-bond donors (Lipinski definition) is 1. The van der Waals surface area contributed by atoms with E-state index in [1.165, 1.54) is 5.56 Å². The van der Waals surface area contributed by atoms with Crippen LogP contribution in [-0.4, -0.2) is 4.57 Å². The summed E-state index contributed by atoms with van der Waals surface area (Å²) in [6.45, 7) is 6.60. The molecule has 1 unspecified atom stereocenters. The standard InChI is InChI=1S/C18H20N2O2/c1-11-8-12(2)17(13(3)9-11)14(19)10-20-15-6-4-5-7-16(15)22-18(20)21/h4-9,14H,10,19H2,1-3H3. The number of nitrogens with two attached hydrogens (primary N) is 1. The maximum absolute atomic E-state index is 12.1. The number of rotatable bonds is 3. The molecule has 1 aromatic heterocycles. The number of fused-ring (bicyclic) bond motifs is 1. The Hall–Kier alpha value is -2.33. The Morgan fingerprint density at radius 3 is 2.45 bits per heavy atom. The van der Waals surface area contributed by atoms with Crippen LogP contribution >= 0.6 is 0 Å². The van der Waals surface area contributed by atoms with Crippen molar-refractivity contribution in [1.29, 1.82) is 0 Å². The summed E-state index contributed by atoms with van der Waals surface area (Å²) in [6, 6.07) is 11.4. The number of benzene rings is 2. The second kappa shape index (κ2) is 5.46. The number of hydrogen-bond acceptors (Lipinski definition) is 3. The van der Waals surface area contributed by atoms with Gasteiger partial charge in [0.1, 0.15) is 0 Å². The first-order valence-corrected chi connectivity index (χ1v) is 7.39. The highest BCUT2D eigenvalue weighted by Crippen LogP contribution is 2.24. The van der Waals surface area contributed by atoms with Gasteiger partial charge in [0.2, 0.25) is 0 Å². The first-order chi connectivity index (χ1) is 10.5. The molecule has 0 aliphatic rings. The molecular weight excluding hydrogens is 276 g/mol. The molecule has 0 spiro atoms. The zero-order valence-corrected chi connectivity index (χ0v) is 13.1. The van der Waals surface area contributed by atoms with Crippen molar-refractivity contribution < 1.29 is 4.42 Å². The molecule has 2 N–H and O–H groups in total. The van der Waals surface area contributed by atoms with Gasteiger partial charge in [0.05, 0.1) is 5.52 Å². The molecule has 0 aliphatic heterocycles. The van der Waals surface area contributed by atoms with E-state index in [4.69, 9.17) is 10.2 Å². The second-order valence-electron chi connectivity index (χ2n) is 5.87. The van der Waals surface area contributed by atoms with E-state index in [9.17, 15) is 4.79 Å². The summed E-state index contributed by atoms with van der Waals surface area (Å²) in [5, 5.41) is 0. The third-order valence-corrected chi connectivity index (χ3v) is 4.06. The minimum Gasteiger partial charge on any atom is -0.408 e. The van der Waals surface area contributed by atoms with E-state index < -0.39 is 0 Å². The van der Waals surface area contributed by atoms with Crippen molar-refractivity contribution in [3.8, 4) is 0 Å². The summed E-state index contributed by atoms with van der Waals surface area (Å²) in [6.07, 6.45) is 0. The van der Waals surface area contributed by atoms with Crippen LogP contribution in [0.5, 0.6) is 0 Å². The maximum Gasteiger partial charge on any atom is 0.420 e. The van der Waals surface area contributed by atoms with Crippen molar-refractivity contribution in [2.24, 2.45) is 5.73 Å². The Morgan fingerprint density at radius 1 is 1.14 bits per heavy atom. The normalized spacial score (nSPS) is 12.7. The van der Waals surface area contributed by atoms with Crippen LogP contribution in [0.25, 0.3) is 11.1 Å². The van der Waals surface area contributed by atoms with Crippen molar-refractivity contribution in [2.45, 2.75) is 33.4 Å². The minimum absolute atomic E-state index is 0.251. The zero-order valence-electron chi connectivity index (χ0n) is 13.1. The lowest BCUT2D eigenvalue weighted by Crippen LogP contribution is -2.25. The summed E-state index contributed by atoms with van der Waals surface area (Å²) in [4.78, 5) is 12.1. The average molecular weight is 296 g/mol. The molecule has 3 aromatic rings. The van der Waals surface area contributed by atoms with Crippen LogP contribution in [0.2, 0.25) is 0 Å². The molecule has 22 heavy (non-hydrogen) atoms. The van der Waals surface area contributed by atoms with Gasteiger partial charge in [-0.15, -0.1) is 0 Å². The molecule has 0 radical (unpaired) electrons. The summed E-state index contributed by atoms with van der Waals surface area (Å²) in [5.74, 6) is -0.362. The molecule has 4 nitrogen and oxygen atoms in total. The van der Waals surface area contributed by atoms with E-state index in [-0.39, 0.29) is 11.8 Å². The van der Waals surface area contributed by atoms with Gasteiger partial charge in [-0.05, 0) is 49.6 Å². The molecule has 0 saturated carbocycles. The molecule has 0 saturated heterocycles. The predicted octanol–water partition coefficient (Wildman–Crippen LogP) is 3.22. The Balaban J connectivity index is 2.02. The van der Waals surface area contributed by atoms with Crippen LogP contribution < -0.4 is 11.5 Å². The van der Waals surface area contributed by atoms with Crippen LogP contribution in [0.15, 0.2) is 45.6 Å². The fourth-order valence-corrected chi connectivity index (χ4v) is 3.25. The summed E-state index contributed by atoms with van der Waals surface area (Å²) in [7, 11) is 0. The summed E-state index contributed by atoms with van der Waals surface area (Å²) >= 11 is 0. The minimum atomic E-state index is -0.362. The Bertz CT molecular complexity index is 866. The lowest BCUT2D eigenvalue weighted by Gasteiger charge is -2.18. The van der Waals surface area contributed by atoms with E-state index in [1.54, 1.807) is 10.6 Å². The van der Waals surface area contributed by atoms with Crippen molar-refractivity contribution in [3.63, 3.8) is 0 Å². The Labute approximate surface area is 129 Å². The third kappa shape index (κ3) is 2.46. The molecule has 1 atom stereocenters. The molecule has 3 rings (SSSR count). The number of aromatic nitrogens is 1. The topological polar surface area (TPSA) is 61.2 Å². The Morgan fingerprint density at radius 2 is 1.77 bits per heavy atom. The molecule has 2 aromatic carbocycles. The molecule has 0 bridgehead atoms. The van der Waals surface area contributed by atoms with Gasteiger partial charge < -0.3 is 10.2 Å². The smallest absolute Gasteiger partial charge is 0.408 e. The average Bonchev–Trinajstić information content (AvgIpc) is 2.74. The number of aryl methyl sites for hydroxylation is 3. The van der Waals surface area contributed by atoms with E-state index in [0.29, 0.717) is 12.1 Å². The molecular formula is C18H20N2O2. The Kier molecular flexibility index (Phi) is 3.62. The molecule has 114 valence electrons. The molecule has 4 heteroatoms. The van der Waals surface area contributed by atoms with Crippen LogP contribution in [0.1, 0.15) is 28.3 Å². The maximum atomic E-state index is 12.1. The van der Waals surface area contributed by atoms with Crippen LogP contribution in [-0.2, 0) is 6.54 Å². The highest BCUT2D eigenvalue weighted by Gasteiger charge is 2.17. The SMILES string of the molecule is Cc1cc(C)c(C(N)Cn2c(=O)oc3ccccc32)c(C)c1. The highest BCUT2D eigenvalue weighted by molar-refractivity contribution is 5.72. The zero-order chi connectivity index (χ0) is 15.9. The van der Waals surface area contributed by atoms with Gasteiger partial charge in [0.25, 0.3) is 0 Å². The number of para-hydroxylation sites is 2. The van der Waals surface area contributed by atoms with Gasteiger partial charge in [-0.1, -0.05) is 29.8 Å². The molecule has 1 heterocycles. The summed E-state index contributed by atoms with van der Waals surface area (Å²) < 4.78 is 6.88. The first-order valence-electron chi connectivity index (χ1n) is 7.39. The largest absolute Gasteiger partial charge is 0.420 e. The van der Waals surface area contributed by atoms with E-state index in [0.717, 1.165) is 22.2 Å². The van der Waals surface area contributed by atoms with Crippen molar-refractivity contribution >= 4 is 11.1 Å². The molecule has 0 fully saturated rings.